The van der Waals surface area contributed by atoms with Crippen molar-refractivity contribution < 1.29 is 4.79 Å². The molecule has 5 nitrogen and oxygen atoms in total. The lowest BCUT2D eigenvalue weighted by Gasteiger charge is -2.16. The van der Waals surface area contributed by atoms with Gasteiger partial charge in [0.15, 0.2) is 0 Å². The quantitative estimate of drug-likeness (QED) is 0.772. The highest BCUT2D eigenvalue weighted by atomic mass is 16.2. The zero-order valence-electron chi connectivity index (χ0n) is 11.7. The van der Waals surface area contributed by atoms with Crippen molar-refractivity contribution >= 4 is 5.91 Å². The summed E-state index contributed by atoms with van der Waals surface area (Å²) in [5.74, 6) is 0.0486. The van der Waals surface area contributed by atoms with Crippen molar-refractivity contribution in [1.29, 1.82) is 0 Å². The van der Waals surface area contributed by atoms with Gasteiger partial charge < -0.3 is 15.2 Å². The number of nitrogens with one attached hydrogen (secondary N) is 2. The number of aromatic nitrogens is 2. The lowest BCUT2D eigenvalue weighted by Crippen LogP contribution is -2.42. The van der Waals surface area contributed by atoms with Crippen LogP contribution in [0.15, 0.2) is 12.5 Å². The van der Waals surface area contributed by atoms with Crippen molar-refractivity contribution in [3.63, 3.8) is 0 Å². The standard InChI is InChI=1S/C13H24N4O/c1-5-6-15-13(18)11(4)16-8-12-7-14-9-17(12)10(2)3/h7,9-11,16H,5-6,8H2,1-4H3,(H,15,18). The maximum Gasteiger partial charge on any atom is 0.236 e. The molecule has 0 saturated carbocycles. The van der Waals surface area contributed by atoms with Gasteiger partial charge >= 0.3 is 0 Å². The molecule has 5 heteroatoms. The van der Waals surface area contributed by atoms with Crippen LogP contribution >= 0.6 is 0 Å². The van der Waals surface area contributed by atoms with E-state index in [1.807, 2.05) is 26.4 Å². The van der Waals surface area contributed by atoms with E-state index in [-0.39, 0.29) is 11.9 Å². The maximum absolute atomic E-state index is 11.7. The molecule has 0 aliphatic rings. The van der Waals surface area contributed by atoms with E-state index in [1.165, 1.54) is 0 Å². The second-order valence-corrected chi connectivity index (χ2v) is 4.78. The minimum Gasteiger partial charge on any atom is -0.355 e. The molecule has 18 heavy (non-hydrogen) atoms. The molecule has 1 aromatic rings. The SMILES string of the molecule is CCCNC(=O)C(C)NCc1cncn1C(C)C. The number of carbonyl (C=O) groups excluding carboxylic acids is 1. The Labute approximate surface area is 109 Å². The molecule has 0 fully saturated rings. The molecule has 0 aliphatic carbocycles. The second kappa shape index (κ2) is 7.16. The van der Waals surface area contributed by atoms with Crippen molar-refractivity contribution in [3.05, 3.63) is 18.2 Å². The molecular formula is C13H24N4O. The molecule has 1 atom stereocenters. The number of hydrogen-bond acceptors (Lipinski definition) is 3. The van der Waals surface area contributed by atoms with Gasteiger partial charge in [-0.15, -0.1) is 0 Å². The Hall–Kier alpha value is -1.36. The topological polar surface area (TPSA) is 59.0 Å². The number of amides is 1. The average molecular weight is 252 g/mol. The fourth-order valence-corrected chi connectivity index (χ4v) is 1.69. The summed E-state index contributed by atoms with van der Waals surface area (Å²) in [6.45, 7) is 9.53. The van der Waals surface area contributed by atoms with Gasteiger partial charge in [-0.2, -0.15) is 0 Å². The molecule has 0 bridgehead atoms. The van der Waals surface area contributed by atoms with Crippen molar-refractivity contribution in [2.45, 2.75) is 52.7 Å². The molecule has 2 N–H and O–H groups in total. The third-order valence-corrected chi connectivity index (χ3v) is 2.83. The third kappa shape index (κ3) is 4.14. The molecule has 0 aromatic carbocycles. The summed E-state index contributed by atoms with van der Waals surface area (Å²) in [6, 6.07) is 0.195. The van der Waals surface area contributed by atoms with Crippen LogP contribution < -0.4 is 10.6 Å². The first-order chi connectivity index (χ1) is 8.56. The number of carbonyl (C=O) groups is 1. The molecule has 1 aromatic heterocycles. The summed E-state index contributed by atoms with van der Waals surface area (Å²) in [5, 5.41) is 6.09. The summed E-state index contributed by atoms with van der Waals surface area (Å²) in [5.41, 5.74) is 1.10. The highest BCUT2D eigenvalue weighted by molar-refractivity contribution is 5.81. The first-order valence-electron chi connectivity index (χ1n) is 6.58. The van der Waals surface area contributed by atoms with Gasteiger partial charge in [0.25, 0.3) is 0 Å². The van der Waals surface area contributed by atoms with E-state index in [2.05, 4.69) is 34.0 Å². The van der Waals surface area contributed by atoms with Gasteiger partial charge in [-0.3, -0.25) is 4.79 Å². The van der Waals surface area contributed by atoms with Gasteiger partial charge in [0, 0.05) is 25.3 Å². The Balaban J connectivity index is 2.44. The smallest absolute Gasteiger partial charge is 0.236 e. The van der Waals surface area contributed by atoms with Crippen LogP contribution in [0, 0.1) is 0 Å². The Morgan fingerprint density at radius 3 is 2.78 bits per heavy atom. The third-order valence-electron chi connectivity index (χ3n) is 2.83. The van der Waals surface area contributed by atoms with Crippen LogP contribution in [0.1, 0.15) is 45.9 Å². The number of imidazole rings is 1. The number of nitrogens with zero attached hydrogens (tertiary/aromatic N) is 2. The minimum atomic E-state index is -0.188. The van der Waals surface area contributed by atoms with Crippen LogP contribution in [0.4, 0.5) is 0 Å². The molecule has 1 unspecified atom stereocenters. The average Bonchev–Trinajstić information content (AvgIpc) is 2.81. The van der Waals surface area contributed by atoms with Crippen LogP contribution in [0.5, 0.6) is 0 Å². The fraction of sp³-hybridized carbons (Fsp3) is 0.692. The number of hydrogen-bond donors (Lipinski definition) is 2. The predicted octanol–water partition coefficient (Wildman–Crippen LogP) is 1.47. The summed E-state index contributed by atoms with van der Waals surface area (Å²) < 4.78 is 2.10. The van der Waals surface area contributed by atoms with Crippen LogP contribution in [-0.2, 0) is 11.3 Å². The first-order valence-corrected chi connectivity index (χ1v) is 6.58. The summed E-state index contributed by atoms with van der Waals surface area (Å²) in [4.78, 5) is 15.8. The summed E-state index contributed by atoms with van der Waals surface area (Å²) in [6.07, 6.45) is 4.62. The lowest BCUT2D eigenvalue weighted by molar-refractivity contribution is -0.122. The van der Waals surface area contributed by atoms with Crippen LogP contribution in [0.2, 0.25) is 0 Å². The van der Waals surface area contributed by atoms with Gasteiger partial charge in [-0.05, 0) is 27.2 Å². The monoisotopic (exact) mass is 252 g/mol. The zero-order chi connectivity index (χ0) is 13.5. The highest BCUT2D eigenvalue weighted by Gasteiger charge is 2.12. The van der Waals surface area contributed by atoms with Crippen LogP contribution in [-0.4, -0.2) is 28.0 Å². The van der Waals surface area contributed by atoms with Gasteiger partial charge in [0.2, 0.25) is 5.91 Å². The second-order valence-electron chi connectivity index (χ2n) is 4.78. The van der Waals surface area contributed by atoms with E-state index >= 15 is 0 Å². The molecular weight excluding hydrogens is 228 g/mol. The Bertz CT molecular complexity index is 373. The van der Waals surface area contributed by atoms with Crippen LogP contribution in [0.3, 0.4) is 0 Å². The van der Waals surface area contributed by atoms with Crippen molar-refractivity contribution in [2.75, 3.05) is 6.54 Å². The summed E-state index contributed by atoms with van der Waals surface area (Å²) >= 11 is 0. The predicted molar refractivity (Wildman–Crippen MR) is 72.2 cm³/mol. The fourth-order valence-electron chi connectivity index (χ4n) is 1.69. The first kappa shape index (κ1) is 14.7. The van der Waals surface area contributed by atoms with E-state index in [1.54, 1.807) is 0 Å². The number of rotatable bonds is 7. The van der Waals surface area contributed by atoms with E-state index < -0.39 is 0 Å². The normalized spacial score (nSPS) is 12.7. The highest BCUT2D eigenvalue weighted by Crippen LogP contribution is 2.08. The molecule has 0 radical (unpaired) electrons. The molecule has 0 saturated heterocycles. The summed E-state index contributed by atoms with van der Waals surface area (Å²) in [7, 11) is 0. The van der Waals surface area contributed by atoms with Crippen LogP contribution in [0.25, 0.3) is 0 Å². The van der Waals surface area contributed by atoms with E-state index in [4.69, 9.17) is 0 Å². The van der Waals surface area contributed by atoms with Gasteiger partial charge in [-0.1, -0.05) is 6.92 Å². The molecule has 0 spiro atoms. The Morgan fingerprint density at radius 1 is 1.44 bits per heavy atom. The van der Waals surface area contributed by atoms with Crippen molar-refractivity contribution in [3.8, 4) is 0 Å². The minimum absolute atomic E-state index is 0.0486. The molecule has 1 heterocycles. The lowest BCUT2D eigenvalue weighted by atomic mass is 10.3. The van der Waals surface area contributed by atoms with Crippen molar-refractivity contribution in [2.24, 2.45) is 0 Å². The molecule has 1 rings (SSSR count). The van der Waals surface area contributed by atoms with Gasteiger partial charge in [0.1, 0.15) is 0 Å². The largest absolute Gasteiger partial charge is 0.355 e. The molecule has 1 amide bonds. The van der Waals surface area contributed by atoms with Gasteiger partial charge in [-0.25, -0.2) is 4.98 Å². The Morgan fingerprint density at radius 2 is 2.17 bits per heavy atom. The van der Waals surface area contributed by atoms with Crippen molar-refractivity contribution in [1.82, 2.24) is 20.2 Å². The van der Waals surface area contributed by atoms with E-state index in [0.29, 0.717) is 12.6 Å². The Kier molecular flexibility index (Phi) is 5.85. The van der Waals surface area contributed by atoms with E-state index in [9.17, 15) is 4.79 Å². The van der Waals surface area contributed by atoms with E-state index in [0.717, 1.165) is 18.7 Å². The van der Waals surface area contributed by atoms with Gasteiger partial charge in [0.05, 0.1) is 18.1 Å². The maximum atomic E-state index is 11.7. The zero-order valence-corrected chi connectivity index (χ0v) is 11.7. The molecule has 102 valence electrons. The molecule has 0 aliphatic heterocycles.